The van der Waals surface area contributed by atoms with Gasteiger partial charge < -0.3 is 25.6 Å². The number of carbonyl (C=O) groups excluding carboxylic acids is 5. The first kappa shape index (κ1) is 35.8. The van der Waals surface area contributed by atoms with Crippen molar-refractivity contribution in [1.29, 1.82) is 0 Å². The minimum atomic E-state index is -1.16. The van der Waals surface area contributed by atoms with E-state index >= 15 is 0 Å². The third kappa shape index (κ3) is 11.0. The monoisotopic (exact) mass is 600 g/mol. The van der Waals surface area contributed by atoms with Crippen LogP contribution in [0.25, 0.3) is 0 Å². The topological polar surface area (TPSA) is 134 Å². The van der Waals surface area contributed by atoms with E-state index in [0.29, 0.717) is 6.42 Å². The number of carbonyl (C=O) groups is 5. The molecule has 240 valence electrons. The third-order valence-corrected chi connectivity index (χ3v) is 7.50. The fourth-order valence-electron chi connectivity index (χ4n) is 5.16. The molecule has 43 heavy (non-hydrogen) atoms. The van der Waals surface area contributed by atoms with E-state index in [1.165, 1.54) is 4.90 Å². The molecule has 1 aliphatic rings. The van der Waals surface area contributed by atoms with Gasteiger partial charge in [0.25, 0.3) is 5.91 Å². The van der Waals surface area contributed by atoms with Gasteiger partial charge in [-0.25, -0.2) is 4.79 Å². The summed E-state index contributed by atoms with van der Waals surface area (Å²) in [7, 11) is 1.55. The Kier molecular flexibility index (Phi) is 13.7. The second-order valence-electron chi connectivity index (χ2n) is 13.3. The molecule has 0 saturated carbocycles. The normalized spacial score (nSPS) is 24.9. The van der Waals surface area contributed by atoms with Crippen LogP contribution in [0.4, 0.5) is 0 Å². The number of nitrogens with one attached hydrogen (secondary N) is 3. The number of amides is 4. The van der Waals surface area contributed by atoms with Crippen LogP contribution in [-0.2, 0) is 35.1 Å². The Labute approximate surface area is 257 Å². The zero-order valence-corrected chi connectivity index (χ0v) is 27.3. The molecule has 4 amide bonds. The van der Waals surface area contributed by atoms with Crippen molar-refractivity contribution in [2.45, 2.75) is 111 Å². The van der Waals surface area contributed by atoms with Crippen molar-refractivity contribution in [1.82, 2.24) is 20.9 Å². The smallest absolute Gasteiger partial charge is 0.329 e. The van der Waals surface area contributed by atoms with Gasteiger partial charge in [-0.2, -0.15) is 0 Å². The quantitative estimate of drug-likeness (QED) is 0.373. The summed E-state index contributed by atoms with van der Waals surface area (Å²) >= 11 is 0. The molecular weight excluding hydrogens is 548 g/mol. The summed E-state index contributed by atoms with van der Waals surface area (Å²) in [6.45, 7) is 15.2. The third-order valence-electron chi connectivity index (χ3n) is 7.50. The molecule has 1 aromatic carbocycles. The molecule has 0 aromatic heterocycles. The highest BCUT2D eigenvalue weighted by molar-refractivity contribution is 5.96. The van der Waals surface area contributed by atoms with Crippen LogP contribution in [0.2, 0.25) is 0 Å². The number of hydrogen-bond acceptors (Lipinski definition) is 6. The zero-order chi connectivity index (χ0) is 32.4. The first-order valence-electron chi connectivity index (χ1n) is 15.5. The molecule has 10 heteroatoms. The maximum Gasteiger partial charge on any atom is 0.329 e. The maximum atomic E-state index is 13.9. The van der Waals surface area contributed by atoms with Gasteiger partial charge in [0.05, 0.1) is 0 Å². The van der Waals surface area contributed by atoms with Crippen LogP contribution >= 0.6 is 0 Å². The number of benzene rings is 1. The van der Waals surface area contributed by atoms with E-state index in [0.717, 1.165) is 5.56 Å². The Morgan fingerprint density at radius 1 is 0.698 bits per heavy atom. The molecule has 10 nitrogen and oxygen atoms in total. The van der Waals surface area contributed by atoms with Crippen molar-refractivity contribution in [3.05, 3.63) is 35.9 Å². The highest BCUT2D eigenvalue weighted by Crippen LogP contribution is 2.18. The molecule has 3 N–H and O–H groups in total. The second-order valence-corrected chi connectivity index (χ2v) is 13.3. The molecular formula is C33H52N4O6. The van der Waals surface area contributed by atoms with Crippen LogP contribution in [-0.4, -0.2) is 71.8 Å². The lowest BCUT2D eigenvalue weighted by Gasteiger charge is -2.34. The van der Waals surface area contributed by atoms with E-state index in [9.17, 15) is 24.0 Å². The van der Waals surface area contributed by atoms with Gasteiger partial charge in [-0.05, 0) is 48.5 Å². The number of likely N-dealkylation sites (N-methyl/N-ethyl adjacent to an activating group) is 1. The maximum absolute atomic E-state index is 13.9. The molecule has 5 atom stereocenters. The summed E-state index contributed by atoms with van der Waals surface area (Å²) in [5.74, 6) is -3.01. The standard InChI is InChI=1S/C33H52N4O6/c1-19(2)15-25-33(42)43-27(17-21(5)6)31(40)36-28(22(7)8)32(41)37(9)26(16-20(3)4)30(39)34-24(29(38)35-25)18-23-13-11-10-12-14-23/h10-14,19-22,24-28H,15-18H2,1-9H3,(H,34,39)(H,35,38)(H,36,40). The minimum Gasteiger partial charge on any atom is -0.451 e. The van der Waals surface area contributed by atoms with Crippen molar-refractivity contribution in [3.63, 3.8) is 0 Å². The largest absolute Gasteiger partial charge is 0.451 e. The highest BCUT2D eigenvalue weighted by Gasteiger charge is 2.39. The van der Waals surface area contributed by atoms with Gasteiger partial charge in [0.2, 0.25) is 17.7 Å². The van der Waals surface area contributed by atoms with Gasteiger partial charge in [0.15, 0.2) is 6.10 Å². The van der Waals surface area contributed by atoms with Crippen molar-refractivity contribution in [3.8, 4) is 0 Å². The van der Waals surface area contributed by atoms with E-state index < -0.39 is 59.9 Å². The Balaban J connectivity index is 2.65. The van der Waals surface area contributed by atoms with Crippen molar-refractivity contribution >= 4 is 29.6 Å². The van der Waals surface area contributed by atoms with Crippen molar-refractivity contribution in [2.75, 3.05) is 7.05 Å². The lowest BCUT2D eigenvalue weighted by atomic mass is 9.97. The Morgan fingerprint density at radius 2 is 1.26 bits per heavy atom. The number of cyclic esters (lactones) is 1. The summed E-state index contributed by atoms with van der Waals surface area (Å²) in [5.41, 5.74) is 0.820. The summed E-state index contributed by atoms with van der Waals surface area (Å²) < 4.78 is 5.77. The molecule has 2 rings (SSSR count). The first-order chi connectivity index (χ1) is 20.1. The molecule has 1 aromatic rings. The Morgan fingerprint density at radius 3 is 1.79 bits per heavy atom. The van der Waals surface area contributed by atoms with E-state index in [1.807, 2.05) is 85.7 Å². The van der Waals surface area contributed by atoms with E-state index in [-0.39, 0.29) is 42.9 Å². The molecule has 1 fully saturated rings. The fourth-order valence-corrected chi connectivity index (χ4v) is 5.16. The molecule has 1 saturated heterocycles. The first-order valence-corrected chi connectivity index (χ1v) is 15.5. The van der Waals surface area contributed by atoms with Gasteiger partial charge in [-0.1, -0.05) is 85.7 Å². The van der Waals surface area contributed by atoms with E-state index in [1.54, 1.807) is 7.05 Å². The Hall–Kier alpha value is -3.43. The molecule has 0 radical (unpaired) electrons. The summed E-state index contributed by atoms with van der Waals surface area (Å²) in [5, 5.41) is 8.50. The summed E-state index contributed by atoms with van der Waals surface area (Å²) in [6.07, 6.45) is -0.117. The predicted octanol–water partition coefficient (Wildman–Crippen LogP) is 3.23. The van der Waals surface area contributed by atoms with E-state index in [2.05, 4.69) is 16.0 Å². The van der Waals surface area contributed by atoms with Gasteiger partial charge in [-0.15, -0.1) is 0 Å². The highest BCUT2D eigenvalue weighted by atomic mass is 16.5. The lowest BCUT2D eigenvalue weighted by molar-refractivity contribution is -0.160. The average Bonchev–Trinajstić information content (AvgIpc) is 2.91. The summed E-state index contributed by atoms with van der Waals surface area (Å²) in [4.78, 5) is 69.9. The van der Waals surface area contributed by atoms with Crippen LogP contribution in [0.3, 0.4) is 0 Å². The molecule has 1 aliphatic heterocycles. The van der Waals surface area contributed by atoms with Gasteiger partial charge in [-0.3, -0.25) is 19.2 Å². The van der Waals surface area contributed by atoms with E-state index in [4.69, 9.17) is 4.74 Å². The number of ether oxygens (including phenoxy) is 1. The predicted molar refractivity (Wildman–Crippen MR) is 166 cm³/mol. The van der Waals surface area contributed by atoms with Crippen LogP contribution in [0.1, 0.15) is 80.2 Å². The van der Waals surface area contributed by atoms with Crippen LogP contribution in [0.15, 0.2) is 30.3 Å². The molecule has 1 heterocycles. The molecule has 5 unspecified atom stereocenters. The second kappa shape index (κ2) is 16.4. The lowest BCUT2D eigenvalue weighted by Crippen LogP contribution is -2.59. The van der Waals surface area contributed by atoms with Crippen LogP contribution in [0.5, 0.6) is 0 Å². The minimum absolute atomic E-state index is 0.00662. The molecule has 0 bridgehead atoms. The average molecular weight is 601 g/mol. The van der Waals surface area contributed by atoms with Gasteiger partial charge in [0.1, 0.15) is 24.2 Å². The van der Waals surface area contributed by atoms with Crippen LogP contribution in [0, 0.1) is 23.7 Å². The Bertz CT molecular complexity index is 1100. The van der Waals surface area contributed by atoms with Gasteiger partial charge >= 0.3 is 5.97 Å². The van der Waals surface area contributed by atoms with Crippen molar-refractivity contribution < 1.29 is 28.7 Å². The molecule has 0 aliphatic carbocycles. The summed E-state index contributed by atoms with van der Waals surface area (Å²) in [6, 6.07) is 5.37. The zero-order valence-electron chi connectivity index (χ0n) is 27.3. The molecule has 0 spiro atoms. The van der Waals surface area contributed by atoms with Crippen molar-refractivity contribution in [2.24, 2.45) is 23.7 Å². The number of esters is 1. The van der Waals surface area contributed by atoms with Gasteiger partial charge in [0, 0.05) is 13.5 Å². The SMILES string of the molecule is CC(C)CC1NC(=O)C(Cc2ccccc2)NC(=O)C(CC(C)C)N(C)C(=O)C(C(C)C)NC(=O)C(CC(C)C)OC1=O. The number of hydrogen-bond donors (Lipinski definition) is 3. The fraction of sp³-hybridized carbons (Fsp3) is 0.667. The number of nitrogens with zero attached hydrogens (tertiary/aromatic N) is 1. The number of rotatable bonds is 9. The van der Waals surface area contributed by atoms with Crippen LogP contribution < -0.4 is 16.0 Å².